The number of benzene rings is 4. The topological polar surface area (TPSA) is 88.5 Å². The zero-order valence-corrected chi connectivity index (χ0v) is 26.9. The summed E-state index contributed by atoms with van der Waals surface area (Å²) in [5.74, 6) is -4.48. The van der Waals surface area contributed by atoms with Crippen molar-refractivity contribution in [3.8, 4) is 0 Å². The van der Waals surface area contributed by atoms with E-state index in [1.54, 1.807) is 24.3 Å². The smallest absolute Gasteiger partial charge is 0.325 e. The van der Waals surface area contributed by atoms with Gasteiger partial charge in [0, 0.05) is 16.5 Å². The third-order valence-electron chi connectivity index (χ3n) is 8.15. The third-order valence-corrected chi connectivity index (χ3v) is 11.6. The zero-order valence-electron chi connectivity index (χ0n) is 23.8. The second kappa shape index (κ2) is 11.9. The molecule has 0 radical (unpaired) electrons. The number of para-hydroxylation sites is 1. The molecule has 5 aromatic rings. The van der Waals surface area contributed by atoms with E-state index in [0.29, 0.717) is 21.0 Å². The predicted molar refractivity (Wildman–Crippen MR) is 177 cm³/mol. The van der Waals surface area contributed by atoms with Crippen molar-refractivity contribution in [3.05, 3.63) is 121 Å². The van der Waals surface area contributed by atoms with Crippen molar-refractivity contribution in [1.82, 2.24) is 4.57 Å². The zero-order chi connectivity index (χ0) is 33.2. The number of halogens is 5. The number of carbonyl (C=O) groups is 3. The van der Waals surface area contributed by atoms with E-state index >= 15 is 0 Å². The van der Waals surface area contributed by atoms with Crippen LogP contribution in [0.25, 0.3) is 10.8 Å². The normalized spacial score (nSPS) is 19.2. The lowest BCUT2D eigenvalue weighted by molar-refractivity contribution is -0.137. The molecule has 238 valence electrons. The molecule has 4 aromatic carbocycles. The van der Waals surface area contributed by atoms with E-state index in [2.05, 4.69) is 5.32 Å². The molecule has 1 N–H and O–H groups in total. The summed E-state index contributed by atoms with van der Waals surface area (Å²) in [5, 5.41) is 3.94. The molecule has 14 heteroatoms. The number of anilines is 2. The maximum Gasteiger partial charge on any atom is 0.418 e. The molecular formula is C33H20Cl2F3N3O4S2. The molecule has 1 aromatic heterocycles. The van der Waals surface area contributed by atoms with Crippen LogP contribution in [-0.2, 0) is 27.1 Å². The summed E-state index contributed by atoms with van der Waals surface area (Å²) in [6.45, 7) is -0.416. The van der Waals surface area contributed by atoms with E-state index < -0.39 is 63.7 Å². The molecule has 2 aliphatic heterocycles. The third kappa shape index (κ3) is 5.42. The molecule has 7 nitrogen and oxygen atoms in total. The molecule has 2 aliphatic rings. The Hall–Kier alpha value is -4.10. The molecule has 3 amide bonds. The van der Waals surface area contributed by atoms with Crippen LogP contribution in [0, 0.1) is 5.92 Å². The van der Waals surface area contributed by atoms with E-state index in [1.807, 2.05) is 30.3 Å². The van der Waals surface area contributed by atoms with Gasteiger partial charge in [0.2, 0.25) is 17.7 Å². The molecular weight excluding hydrogens is 694 g/mol. The Morgan fingerprint density at radius 3 is 2.36 bits per heavy atom. The van der Waals surface area contributed by atoms with E-state index in [1.165, 1.54) is 22.8 Å². The van der Waals surface area contributed by atoms with Gasteiger partial charge in [-0.1, -0.05) is 101 Å². The van der Waals surface area contributed by atoms with Gasteiger partial charge in [0.25, 0.3) is 0 Å². The van der Waals surface area contributed by atoms with Crippen molar-refractivity contribution in [2.24, 2.45) is 5.92 Å². The Bertz CT molecular complexity index is 2180. The lowest BCUT2D eigenvalue weighted by Crippen LogP contribution is -2.33. The van der Waals surface area contributed by atoms with Crippen molar-refractivity contribution >= 4 is 86.2 Å². The lowest BCUT2D eigenvalue weighted by atomic mass is 9.83. The first-order valence-electron chi connectivity index (χ1n) is 14.1. The first-order chi connectivity index (χ1) is 22.4. The average Bonchev–Trinajstić information content (AvgIpc) is 3.48. The fourth-order valence-corrected chi connectivity index (χ4v) is 9.30. The Kier molecular flexibility index (Phi) is 7.94. The summed E-state index contributed by atoms with van der Waals surface area (Å²) in [6, 6.07) is 22.1. The largest absolute Gasteiger partial charge is 0.418 e. The number of nitrogens with zero attached hydrogens (tertiary/aromatic N) is 2. The van der Waals surface area contributed by atoms with Crippen LogP contribution in [0.2, 0.25) is 10.0 Å². The van der Waals surface area contributed by atoms with Gasteiger partial charge in [-0.05, 0) is 46.7 Å². The fraction of sp³-hybridized carbons (Fsp3) is 0.152. The molecule has 0 aliphatic carbocycles. The van der Waals surface area contributed by atoms with Gasteiger partial charge in [-0.25, -0.2) is 4.90 Å². The van der Waals surface area contributed by atoms with Crippen molar-refractivity contribution in [1.29, 1.82) is 0 Å². The van der Waals surface area contributed by atoms with Crippen molar-refractivity contribution < 1.29 is 27.6 Å². The van der Waals surface area contributed by atoms with Crippen LogP contribution in [0.3, 0.4) is 0 Å². The number of imide groups is 1. The van der Waals surface area contributed by atoms with Gasteiger partial charge in [-0.15, -0.1) is 0 Å². The minimum absolute atomic E-state index is 0.0756. The van der Waals surface area contributed by atoms with Crippen molar-refractivity contribution in [2.75, 3.05) is 10.2 Å². The van der Waals surface area contributed by atoms with Crippen LogP contribution in [0.5, 0.6) is 0 Å². The summed E-state index contributed by atoms with van der Waals surface area (Å²) in [7, 11) is 0. The van der Waals surface area contributed by atoms with Crippen molar-refractivity contribution in [3.63, 3.8) is 0 Å². The minimum atomic E-state index is -4.84. The molecule has 0 spiro atoms. The Balaban J connectivity index is 1.30. The van der Waals surface area contributed by atoms with Gasteiger partial charge >= 0.3 is 11.0 Å². The van der Waals surface area contributed by atoms with Crippen LogP contribution in [0.15, 0.2) is 94.7 Å². The number of aromatic nitrogens is 1. The summed E-state index contributed by atoms with van der Waals surface area (Å²) < 4.78 is 43.3. The highest BCUT2D eigenvalue weighted by atomic mass is 35.5. The van der Waals surface area contributed by atoms with Gasteiger partial charge in [0.1, 0.15) is 11.8 Å². The Labute approximate surface area is 282 Å². The second-order valence-electron chi connectivity index (χ2n) is 10.9. The number of thiazole rings is 1. The summed E-state index contributed by atoms with van der Waals surface area (Å²) in [6.07, 6.45) is -4.84. The molecule has 0 saturated carbocycles. The molecule has 0 bridgehead atoms. The molecule has 1 fully saturated rings. The highest BCUT2D eigenvalue weighted by Crippen LogP contribution is 2.56. The molecule has 47 heavy (non-hydrogen) atoms. The predicted octanol–water partition coefficient (Wildman–Crippen LogP) is 7.82. The summed E-state index contributed by atoms with van der Waals surface area (Å²) in [5.41, 5.74) is -0.884. The minimum Gasteiger partial charge on any atom is -0.325 e. The van der Waals surface area contributed by atoms with Crippen LogP contribution < -0.4 is 15.1 Å². The van der Waals surface area contributed by atoms with Crippen LogP contribution in [0.4, 0.5) is 24.5 Å². The molecule has 3 heterocycles. The number of carbonyl (C=O) groups excluding carboxylic acids is 3. The van der Waals surface area contributed by atoms with Crippen molar-refractivity contribution in [2.45, 2.75) is 28.9 Å². The van der Waals surface area contributed by atoms with E-state index in [-0.39, 0.29) is 15.1 Å². The fourth-order valence-electron chi connectivity index (χ4n) is 6.11. The van der Waals surface area contributed by atoms with E-state index in [0.717, 1.165) is 46.0 Å². The van der Waals surface area contributed by atoms with E-state index in [4.69, 9.17) is 23.2 Å². The summed E-state index contributed by atoms with van der Waals surface area (Å²) in [4.78, 5) is 55.2. The van der Waals surface area contributed by atoms with Crippen LogP contribution in [0.1, 0.15) is 21.9 Å². The van der Waals surface area contributed by atoms with Gasteiger partial charge in [-0.2, -0.15) is 13.2 Å². The number of rotatable bonds is 5. The number of amides is 3. The maximum absolute atomic E-state index is 14.1. The lowest BCUT2D eigenvalue weighted by Gasteiger charge is -2.31. The maximum atomic E-state index is 14.1. The van der Waals surface area contributed by atoms with E-state index in [9.17, 15) is 32.3 Å². The van der Waals surface area contributed by atoms with Gasteiger partial charge in [0.05, 0.1) is 32.2 Å². The SMILES string of the molecule is O=C(Cn1c2c(sc1=O)[C@H](c1cccc(Cl)c1Cl)C1C(=O)N(c3ccccc3C(F)(F)F)C(=O)C1S2)Nc1ccc2ccccc2c1. The average molecular weight is 715 g/mol. The number of thioether (sulfide) groups is 1. The number of hydrogen-bond donors (Lipinski definition) is 1. The molecule has 1 saturated heterocycles. The highest BCUT2D eigenvalue weighted by Gasteiger charge is 2.58. The highest BCUT2D eigenvalue weighted by molar-refractivity contribution is 8.00. The first-order valence-corrected chi connectivity index (χ1v) is 16.6. The number of fused-ring (bicyclic) bond motifs is 3. The van der Waals surface area contributed by atoms with Gasteiger partial charge in [0.15, 0.2) is 0 Å². The summed E-state index contributed by atoms with van der Waals surface area (Å²) >= 11 is 14.6. The Morgan fingerprint density at radius 2 is 1.60 bits per heavy atom. The standard InChI is InChI=1S/C33H20Cl2F3N3O4S2/c34-21-10-5-8-19(26(21)35)24-25-27(30(44)41(29(25)43)22-11-4-3-9-20(22)33(36,37)38)46-31-28(24)47-32(45)40(31)15-23(42)39-18-13-12-16-6-1-2-7-17(16)14-18/h1-14,24-25,27H,15H2,(H,39,42)/t24-,25?,27?/m1/s1. The van der Waals surface area contributed by atoms with Gasteiger partial charge < -0.3 is 5.32 Å². The second-order valence-corrected chi connectivity index (χ2v) is 13.9. The number of nitrogens with one attached hydrogen (secondary N) is 1. The Morgan fingerprint density at radius 1 is 0.872 bits per heavy atom. The monoisotopic (exact) mass is 713 g/mol. The number of hydrogen-bond acceptors (Lipinski definition) is 6. The quantitative estimate of drug-likeness (QED) is 0.188. The first kappa shape index (κ1) is 31.5. The number of alkyl halides is 3. The van der Waals surface area contributed by atoms with Crippen LogP contribution >= 0.6 is 46.3 Å². The van der Waals surface area contributed by atoms with Gasteiger partial charge in [-0.3, -0.25) is 23.7 Å². The molecule has 3 atom stereocenters. The molecule has 2 unspecified atom stereocenters. The molecule has 7 rings (SSSR count). The van der Waals surface area contributed by atoms with Crippen LogP contribution in [-0.4, -0.2) is 27.5 Å².